The molecule has 1 aliphatic carbocycles. The monoisotopic (exact) mass is 411 g/mol. The van der Waals surface area contributed by atoms with E-state index in [1.54, 1.807) is 24.4 Å². The van der Waals surface area contributed by atoms with Crippen LogP contribution in [0.25, 0.3) is 22.0 Å². The average molecular weight is 411 g/mol. The molecule has 5 nitrogen and oxygen atoms in total. The Hall–Kier alpha value is -3.06. The summed E-state index contributed by atoms with van der Waals surface area (Å²) in [7, 11) is 0. The second-order valence-corrected chi connectivity index (χ2v) is 7.81. The van der Waals surface area contributed by atoms with Gasteiger partial charge in [0.1, 0.15) is 6.29 Å². The van der Waals surface area contributed by atoms with Gasteiger partial charge in [-0.2, -0.15) is 0 Å². The first-order valence-electron chi connectivity index (χ1n) is 10.0. The molecule has 4 rings (SSSR count). The van der Waals surface area contributed by atoms with Crippen molar-refractivity contribution in [2.45, 2.75) is 44.2 Å². The Morgan fingerprint density at radius 3 is 2.47 bits per heavy atom. The molecule has 0 atom stereocenters. The number of nitrogens with two attached hydrogens (primary N) is 1. The molecule has 1 aliphatic rings. The van der Waals surface area contributed by atoms with Crippen LogP contribution in [0.4, 0.5) is 14.5 Å². The number of aldehydes is 1. The molecule has 4 N–H and O–H groups in total. The molecule has 30 heavy (non-hydrogen) atoms. The number of aromatic nitrogens is 1. The van der Waals surface area contributed by atoms with Crippen LogP contribution in [0.1, 0.15) is 31.2 Å². The number of nitrogens with zero attached hydrogens (tertiary/aromatic N) is 1. The summed E-state index contributed by atoms with van der Waals surface area (Å²) < 4.78 is 27.7. The van der Waals surface area contributed by atoms with Crippen molar-refractivity contribution in [1.29, 1.82) is 0 Å². The molecule has 0 unspecified atom stereocenters. The summed E-state index contributed by atoms with van der Waals surface area (Å²) in [5, 5.41) is 13.7. The molecule has 1 fully saturated rings. The van der Waals surface area contributed by atoms with Gasteiger partial charge in [0, 0.05) is 41.3 Å². The van der Waals surface area contributed by atoms with Gasteiger partial charge in [0.2, 0.25) is 0 Å². The third kappa shape index (κ3) is 3.98. The standard InChI is InChI=1S/C23H23F2N3O2/c24-19-10-15(11-20(25)23(19)30)13-1-6-21-18(9-13)22(14(7-8-29)12-27-21)28-17-4-2-16(26)3-5-17/h1,6,8-12,16-17,30H,2-5,7,26H2,(H,27,28). The molecular formula is C23H23F2N3O2. The highest BCUT2D eigenvalue weighted by atomic mass is 19.1. The van der Waals surface area contributed by atoms with E-state index in [-0.39, 0.29) is 18.5 Å². The van der Waals surface area contributed by atoms with Crippen LogP contribution in [0.15, 0.2) is 36.5 Å². The highest BCUT2D eigenvalue weighted by Crippen LogP contribution is 2.34. The molecule has 3 aromatic rings. The van der Waals surface area contributed by atoms with E-state index in [2.05, 4.69) is 10.3 Å². The summed E-state index contributed by atoms with van der Waals surface area (Å²) in [4.78, 5) is 15.7. The number of fused-ring (bicyclic) bond motifs is 1. The number of carbonyl (C=O) groups is 1. The maximum absolute atomic E-state index is 13.9. The summed E-state index contributed by atoms with van der Waals surface area (Å²) in [6.45, 7) is 0. The SMILES string of the molecule is NC1CCC(Nc2c(CC=O)cnc3ccc(-c4cc(F)c(O)c(F)c4)cc23)CC1. The number of phenols is 1. The van der Waals surface area contributed by atoms with Gasteiger partial charge in [0.05, 0.1) is 5.52 Å². The van der Waals surface area contributed by atoms with E-state index in [0.717, 1.165) is 60.7 Å². The van der Waals surface area contributed by atoms with Crippen LogP contribution < -0.4 is 11.1 Å². The minimum absolute atomic E-state index is 0.213. The number of phenolic OH excluding ortho intramolecular Hbond substituents is 1. The van der Waals surface area contributed by atoms with Gasteiger partial charge < -0.3 is 21.0 Å². The first-order chi connectivity index (χ1) is 14.5. The van der Waals surface area contributed by atoms with Crippen LogP contribution in [0.5, 0.6) is 5.75 Å². The normalized spacial score (nSPS) is 19.0. The van der Waals surface area contributed by atoms with Crippen LogP contribution in [0.3, 0.4) is 0 Å². The first kappa shape index (κ1) is 20.2. The summed E-state index contributed by atoms with van der Waals surface area (Å²) in [5.74, 6) is -3.03. The van der Waals surface area contributed by atoms with Gasteiger partial charge in [-0.05, 0) is 61.1 Å². The Morgan fingerprint density at radius 1 is 1.10 bits per heavy atom. The molecule has 0 radical (unpaired) electrons. The van der Waals surface area contributed by atoms with Crippen molar-refractivity contribution in [3.63, 3.8) is 0 Å². The van der Waals surface area contributed by atoms with Crippen LogP contribution >= 0.6 is 0 Å². The van der Waals surface area contributed by atoms with Crippen molar-refractivity contribution in [3.05, 3.63) is 53.7 Å². The summed E-state index contributed by atoms with van der Waals surface area (Å²) >= 11 is 0. The number of hydrogen-bond acceptors (Lipinski definition) is 5. The molecule has 0 aliphatic heterocycles. The van der Waals surface area contributed by atoms with Gasteiger partial charge in [-0.3, -0.25) is 4.98 Å². The van der Waals surface area contributed by atoms with Crippen LogP contribution in [0.2, 0.25) is 0 Å². The molecule has 1 aromatic heterocycles. The number of nitrogens with one attached hydrogen (secondary N) is 1. The van der Waals surface area contributed by atoms with E-state index in [4.69, 9.17) is 5.73 Å². The molecule has 0 saturated heterocycles. The van der Waals surface area contributed by atoms with Crippen LogP contribution in [-0.4, -0.2) is 28.5 Å². The van der Waals surface area contributed by atoms with Gasteiger partial charge in [-0.15, -0.1) is 0 Å². The Balaban J connectivity index is 1.80. The number of hydrogen-bond donors (Lipinski definition) is 3. The van der Waals surface area contributed by atoms with E-state index >= 15 is 0 Å². The first-order valence-corrected chi connectivity index (χ1v) is 10.0. The lowest BCUT2D eigenvalue weighted by Gasteiger charge is -2.29. The fraction of sp³-hybridized carbons (Fsp3) is 0.304. The Bertz CT molecular complexity index is 1070. The van der Waals surface area contributed by atoms with Crippen LogP contribution in [0, 0.1) is 11.6 Å². The molecule has 1 saturated carbocycles. The van der Waals surface area contributed by atoms with Gasteiger partial charge >= 0.3 is 0 Å². The summed E-state index contributed by atoms with van der Waals surface area (Å²) in [6.07, 6.45) is 6.46. The Labute approximate surface area is 172 Å². The van der Waals surface area contributed by atoms with Crippen molar-refractivity contribution in [3.8, 4) is 16.9 Å². The van der Waals surface area contributed by atoms with Gasteiger partial charge in [-0.1, -0.05) is 6.07 Å². The summed E-state index contributed by atoms with van der Waals surface area (Å²) in [5.41, 5.74) is 9.20. The van der Waals surface area contributed by atoms with Crippen molar-refractivity contribution in [2.75, 3.05) is 5.32 Å². The number of benzene rings is 2. The Morgan fingerprint density at radius 2 is 1.80 bits per heavy atom. The Kier molecular flexibility index (Phi) is 5.63. The zero-order chi connectivity index (χ0) is 21.3. The number of pyridine rings is 1. The quantitative estimate of drug-likeness (QED) is 0.545. The fourth-order valence-corrected chi connectivity index (χ4v) is 4.03. The third-order valence-corrected chi connectivity index (χ3v) is 5.72. The van der Waals surface area contributed by atoms with E-state index in [1.165, 1.54) is 0 Å². The van der Waals surface area contributed by atoms with E-state index in [9.17, 15) is 18.7 Å². The lowest BCUT2D eigenvalue weighted by molar-refractivity contribution is -0.107. The average Bonchev–Trinajstić information content (AvgIpc) is 2.74. The largest absolute Gasteiger partial charge is 0.503 e. The van der Waals surface area contributed by atoms with Gasteiger partial charge in [0.25, 0.3) is 0 Å². The number of aromatic hydroxyl groups is 1. The molecule has 2 aromatic carbocycles. The second kappa shape index (κ2) is 8.36. The minimum atomic E-state index is -1.02. The molecular weight excluding hydrogens is 388 g/mol. The maximum atomic E-state index is 13.9. The lowest BCUT2D eigenvalue weighted by Crippen LogP contribution is -2.33. The zero-order valence-electron chi connectivity index (χ0n) is 16.4. The van der Waals surface area contributed by atoms with E-state index < -0.39 is 17.4 Å². The molecule has 1 heterocycles. The maximum Gasteiger partial charge on any atom is 0.187 e. The van der Waals surface area contributed by atoms with Crippen molar-refractivity contribution < 1.29 is 18.7 Å². The molecule has 0 spiro atoms. The topological polar surface area (TPSA) is 88.2 Å². The number of carbonyl (C=O) groups excluding carboxylic acids is 1. The third-order valence-electron chi connectivity index (χ3n) is 5.72. The number of rotatable bonds is 5. The zero-order valence-corrected chi connectivity index (χ0v) is 16.4. The van der Waals surface area contributed by atoms with E-state index in [1.807, 2.05) is 0 Å². The van der Waals surface area contributed by atoms with Gasteiger partial charge in [0.15, 0.2) is 17.4 Å². The highest BCUT2D eigenvalue weighted by molar-refractivity contribution is 5.96. The smallest absolute Gasteiger partial charge is 0.187 e. The second-order valence-electron chi connectivity index (χ2n) is 7.81. The van der Waals surface area contributed by atoms with Crippen molar-refractivity contribution in [2.24, 2.45) is 5.73 Å². The highest BCUT2D eigenvalue weighted by Gasteiger charge is 2.21. The predicted octanol–water partition coefficient (Wildman–Crippen LogP) is 4.31. The molecule has 0 bridgehead atoms. The molecule has 156 valence electrons. The van der Waals surface area contributed by atoms with Crippen LogP contribution in [-0.2, 0) is 11.2 Å². The number of anilines is 1. The van der Waals surface area contributed by atoms with E-state index in [0.29, 0.717) is 16.6 Å². The fourth-order valence-electron chi connectivity index (χ4n) is 4.03. The lowest BCUT2D eigenvalue weighted by atomic mass is 9.91. The minimum Gasteiger partial charge on any atom is -0.503 e. The summed E-state index contributed by atoms with van der Waals surface area (Å²) in [6, 6.07) is 7.95. The number of halogens is 2. The van der Waals surface area contributed by atoms with Gasteiger partial charge in [-0.25, -0.2) is 8.78 Å². The molecule has 0 amide bonds. The predicted molar refractivity (Wildman–Crippen MR) is 112 cm³/mol. The van der Waals surface area contributed by atoms with Crippen molar-refractivity contribution >= 4 is 22.9 Å². The van der Waals surface area contributed by atoms with Crippen molar-refractivity contribution in [1.82, 2.24) is 4.98 Å². The molecule has 7 heteroatoms.